The Labute approximate surface area is 179 Å². The minimum absolute atomic E-state index is 0.226. The second kappa shape index (κ2) is 8.76. The first-order valence-corrected chi connectivity index (χ1v) is 11.2. The molecule has 1 saturated heterocycles. The number of nitrogens with one attached hydrogen (secondary N) is 2. The smallest absolute Gasteiger partial charge is 0.277 e. The van der Waals surface area contributed by atoms with Gasteiger partial charge < -0.3 is 15.2 Å². The lowest BCUT2D eigenvalue weighted by molar-refractivity contribution is 0.101. The van der Waals surface area contributed by atoms with Gasteiger partial charge >= 0.3 is 0 Å². The molecular formula is C25H33N3O2. The Hall–Kier alpha value is -2.40. The Morgan fingerprint density at radius 3 is 2.83 bits per heavy atom. The van der Waals surface area contributed by atoms with Crippen LogP contribution in [0.1, 0.15) is 85.7 Å². The molecular weight excluding hydrogens is 374 g/mol. The van der Waals surface area contributed by atoms with Gasteiger partial charge in [-0.3, -0.25) is 4.79 Å². The van der Waals surface area contributed by atoms with Crippen LogP contribution in [0.2, 0.25) is 0 Å². The molecule has 2 N–H and O–H groups in total. The largest absolute Gasteiger partial charge is 0.361 e. The molecule has 5 heteroatoms. The van der Waals surface area contributed by atoms with E-state index in [0.29, 0.717) is 22.8 Å². The standard InChI is InChI=1S/C25H33N3O2/c1-17-15-23(28-30-17)24(29)27-22-7-6-20(18-5-4-13-26-14-10-18)16-21(22)19-8-11-25(2,3)12-9-19/h6-8,15-16,18,26H,4-5,9-14H2,1-3H3,(H,27,29). The summed E-state index contributed by atoms with van der Waals surface area (Å²) in [6, 6.07) is 8.26. The highest BCUT2D eigenvalue weighted by atomic mass is 16.5. The van der Waals surface area contributed by atoms with Crippen LogP contribution in [0.3, 0.4) is 0 Å². The zero-order valence-electron chi connectivity index (χ0n) is 18.4. The van der Waals surface area contributed by atoms with Crippen molar-refractivity contribution in [1.82, 2.24) is 10.5 Å². The van der Waals surface area contributed by atoms with Crippen LogP contribution in [-0.2, 0) is 0 Å². The van der Waals surface area contributed by atoms with Crippen LogP contribution in [0.5, 0.6) is 0 Å². The highest BCUT2D eigenvalue weighted by molar-refractivity contribution is 6.04. The fraction of sp³-hybridized carbons (Fsp3) is 0.520. The number of allylic oxidation sites excluding steroid dienone is 2. The van der Waals surface area contributed by atoms with Gasteiger partial charge in [-0.15, -0.1) is 0 Å². The van der Waals surface area contributed by atoms with Gasteiger partial charge in [-0.2, -0.15) is 0 Å². The molecule has 0 bridgehead atoms. The molecule has 1 aromatic carbocycles. The SMILES string of the molecule is Cc1cc(C(=O)Nc2ccc(C3CCCNCC3)cc2C2=CCC(C)(C)CC2)no1. The van der Waals surface area contributed by atoms with Gasteiger partial charge in [0.05, 0.1) is 0 Å². The van der Waals surface area contributed by atoms with Crippen molar-refractivity contribution < 1.29 is 9.32 Å². The molecule has 1 atom stereocenters. The number of carbonyl (C=O) groups excluding carboxylic acids is 1. The highest BCUT2D eigenvalue weighted by Gasteiger charge is 2.25. The Morgan fingerprint density at radius 1 is 1.23 bits per heavy atom. The van der Waals surface area contributed by atoms with E-state index in [1.807, 2.05) is 0 Å². The number of nitrogens with zero attached hydrogens (tertiary/aromatic N) is 1. The fourth-order valence-corrected chi connectivity index (χ4v) is 4.52. The van der Waals surface area contributed by atoms with Crippen molar-refractivity contribution in [1.29, 1.82) is 0 Å². The first kappa shape index (κ1) is 20.9. The number of hydrogen-bond donors (Lipinski definition) is 2. The fourth-order valence-electron chi connectivity index (χ4n) is 4.52. The van der Waals surface area contributed by atoms with Crippen molar-refractivity contribution in [2.75, 3.05) is 18.4 Å². The lowest BCUT2D eigenvalue weighted by Gasteiger charge is -2.30. The molecule has 1 aliphatic carbocycles. The average Bonchev–Trinajstić information content (AvgIpc) is 2.98. The summed E-state index contributed by atoms with van der Waals surface area (Å²) in [5.74, 6) is 0.980. The number of hydrogen-bond acceptors (Lipinski definition) is 4. The molecule has 2 aromatic rings. The summed E-state index contributed by atoms with van der Waals surface area (Å²) in [5.41, 5.74) is 5.41. The number of rotatable bonds is 4. The van der Waals surface area contributed by atoms with Gasteiger partial charge in [-0.25, -0.2) is 0 Å². The zero-order valence-corrected chi connectivity index (χ0v) is 18.4. The molecule has 5 nitrogen and oxygen atoms in total. The highest BCUT2D eigenvalue weighted by Crippen LogP contribution is 2.41. The second-order valence-corrected chi connectivity index (χ2v) is 9.56. The molecule has 1 aromatic heterocycles. The minimum Gasteiger partial charge on any atom is -0.361 e. The summed E-state index contributed by atoms with van der Waals surface area (Å²) in [5, 5.41) is 10.5. The van der Waals surface area contributed by atoms with Crippen LogP contribution in [0, 0.1) is 12.3 Å². The van der Waals surface area contributed by atoms with E-state index in [9.17, 15) is 4.79 Å². The molecule has 2 heterocycles. The van der Waals surface area contributed by atoms with E-state index in [1.54, 1.807) is 13.0 Å². The molecule has 0 radical (unpaired) electrons. The van der Waals surface area contributed by atoms with E-state index < -0.39 is 0 Å². The molecule has 2 aliphatic rings. The van der Waals surface area contributed by atoms with Gasteiger partial charge in [0, 0.05) is 17.3 Å². The minimum atomic E-state index is -0.226. The number of carbonyl (C=O) groups is 1. The Morgan fingerprint density at radius 2 is 2.10 bits per heavy atom. The first-order chi connectivity index (χ1) is 14.4. The maximum absolute atomic E-state index is 12.7. The van der Waals surface area contributed by atoms with Crippen LogP contribution >= 0.6 is 0 Å². The van der Waals surface area contributed by atoms with Crippen molar-refractivity contribution in [3.63, 3.8) is 0 Å². The molecule has 1 aliphatic heterocycles. The molecule has 0 saturated carbocycles. The van der Waals surface area contributed by atoms with Crippen molar-refractivity contribution in [2.45, 2.75) is 65.2 Å². The number of aryl methyl sites for hydroxylation is 1. The van der Waals surface area contributed by atoms with Crippen LogP contribution in [0.4, 0.5) is 5.69 Å². The zero-order chi connectivity index (χ0) is 21.1. The topological polar surface area (TPSA) is 67.2 Å². The quantitative estimate of drug-likeness (QED) is 0.684. The van der Waals surface area contributed by atoms with E-state index >= 15 is 0 Å². The van der Waals surface area contributed by atoms with E-state index in [0.717, 1.165) is 50.0 Å². The van der Waals surface area contributed by atoms with Crippen LogP contribution in [-0.4, -0.2) is 24.2 Å². The maximum atomic E-state index is 12.7. The van der Waals surface area contributed by atoms with E-state index in [1.165, 1.54) is 24.0 Å². The number of aromatic nitrogens is 1. The van der Waals surface area contributed by atoms with E-state index in [2.05, 4.69) is 53.9 Å². The average molecular weight is 408 g/mol. The van der Waals surface area contributed by atoms with E-state index in [4.69, 9.17) is 4.52 Å². The van der Waals surface area contributed by atoms with Gasteiger partial charge in [0.15, 0.2) is 5.69 Å². The number of benzene rings is 1. The third-order valence-corrected chi connectivity index (χ3v) is 6.52. The molecule has 30 heavy (non-hydrogen) atoms. The number of anilines is 1. The molecule has 4 rings (SSSR count). The number of amides is 1. The van der Waals surface area contributed by atoms with Gasteiger partial charge in [0.2, 0.25) is 0 Å². The van der Waals surface area contributed by atoms with Crippen molar-refractivity contribution in [3.8, 4) is 0 Å². The predicted molar refractivity (Wildman–Crippen MR) is 121 cm³/mol. The first-order valence-electron chi connectivity index (χ1n) is 11.2. The van der Waals surface area contributed by atoms with Crippen LogP contribution in [0.15, 0.2) is 34.9 Å². The summed E-state index contributed by atoms with van der Waals surface area (Å²) in [7, 11) is 0. The van der Waals surface area contributed by atoms with Crippen molar-refractivity contribution in [2.24, 2.45) is 5.41 Å². The van der Waals surface area contributed by atoms with Gasteiger partial charge in [0.25, 0.3) is 5.91 Å². The van der Waals surface area contributed by atoms with E-state index in [-0.39, 0.29) is 5.91 Å². The summed E-state index contributed by atoms with van der Waals surface area (Å²) in [6.07, 6.45) is 9.21. The Kier molecular flexibility index (Phi) is 6.09. The lowest BCUT2D eigenvalue weighted by atomic mass is 9.76. The van der Waals surface area contributed by atoms with Crippen molar-refractivity contribution in [3.05, 3.63) is 52.9 Å². The van der Waals surface area contributed by atoms with Gasteiger partial charge in [-0.1, -0.05) is 31.1 Å². The normalized spacial score (nSPS) is 21.6. The monoisotopic (exact) mass is 407 g/mol. The molecule has 1 unspecified atom stereocenters. The maximum Gasteiger partial charge on any atom is 0.277 e. The summed E-state index contributed by atoms with van der Waals surface area (Å²) in [6.45, 7) is 8.62. The van der Waals surface area contributed by atoms with Crippen LogP contribution in [0.25, 0.3) is 5.57 Å². The summed E-state index contributed by atoms with van der Waals surface area (Å²) < 4.78 is 5.07. The summed E-state index contributed by atoms with van der Waals surface area (Å²) >= 11 is 0. The molecule has 1 amide bonds. The van der Waals surface area contributed by atoms with Gasteiger partial charge in [0.1, 0.15) is 5.76 Å². The van der Waals surface area contributed by atoms with Crippen LogP contribution < -0.4 is 10.6 Å². The molecule has 160 valence electrons. The van der Waals surface area contributed by atoms with Gasteiger partial charge in [-0.05, 0) is 93.1 Å². The summed E-state index contributed by atoms with van der Waals surface area (Å²) in [4.78, 5) is 12.7. The third-order valence-electron chi connectivity index (χ3n) is 6.52. The molecule has 0 spiro atoms. The predicted octanol–water partition coefficient (Wildman–Crippen LogP) is 5.69. The lowest BCUT2D eigenvalue weighted by Crippen LogP contribution is -2.17. The molecule has 1 fully saturated rings. The Balaban J connectivity index is 1.66. The van der Waals surface area contributed by atoms with Crippen molar-refractivity contribution >= 4 is 17.2 Å². The third kappa shape index (κ3) is 4.84. The second-order valence-electron chi connectivity index (χ2n) is 9.56. The Bertz CT molecular complexity index is 934.